The minimum Gasteiger partial charge on any atom is -0.307 e. The van der Waals surface area contributed by atoms with Gasteiger partial charge in [0.1, 0.15) is 4.91 Å². The second-order valence-electron chi connectivity index (χ2n) is 8.86. The molecule has 0 aromatic heterocycles. The third-order valence-corrected chi connectivity index (χ3v) is 12.4. The van der Waals surface area contributed by atoms with Crippen LogP contribution in [0, 0.1) is 6.92 Å². The summed E-state index contributed by atoms with van der Waals surface area (Å²) >= 11 is 5.94. The zero-order valence-electron chi connectivity index (χ0n) is 21.8. The molecule has 1 aliphatic rings. The maximum absolute atomic E-state index is 14.6. The molecule has 3 aromatic rings. The number of carbonyl (C=O) groups is 1. The monoisotopic (exact) mass is 623 g/mol. The average molecular weight is 624 g/mol. The van der Waals surface area contributed by atoms with Crippen molar-refractivity contribution in [2.24, 2.45) is 0 Å². The number of rotatable bonds is 10. The molecule has 0 bridgehead atoms. The van der Waals surface area contributed by atoms with Crippen LogP contribution in [0.4, 0.5) is 0 Å². The van der Waals surface area contributed by atoms with Crippen LogP contribution in [-0.4, -0.2) is 35.8 Å². The minimum atomic E-state index is -4.62. The van der Waals surface area contributed by atoms with Gasteiger partial charge >= 0.3 is 7.60 Å². The number of aryl methyl sites for hydroxylation is 1. The van der Waals surface area contributed by atoms with Gasteiger partial charge in [-0.15, -0.1) is 0 Å². The molecule has 0 amide bonds. The first-order chi connectivity index (χ1) is 18.8. The average Bonchev–Trinajstić information content (AvgIpc) is 2.91. The molecule has 1 atom stereocenters. The molecule has 1 N–H and O–H groups in total. The fourth-order valence-electron chi connectivity index (χ4n) is 4.35. The summed E-state index contributed by atoms with van der Waals surface area (Å²) in [6.45, 7) is 4.50. The van der Waals surface area contributed by atoms with E-state index in [1.165, 1.54) is 74.5 Å². The Morgan fingerprint density at radius 1 is 0.850 bits per heavy atom. The Hall–Kier alpha value is -2.63. The Morgan fingerprint density at radius 2 is 1.40 bits per heavy atom. The lowest BCUT2D eigenvalue weighted by molar-refractivity contribution is 0.103. The van der Waals surface area contributed by atoms with Crippen LogP contribution in [0.15, 0.2) is 93.6 Å². The Balaban J connectivity index is 2.10. The molecule has 9 nitrogen and oxygen atoms in total. The minimum absolute atomic E-state index is 0.0732. The zero-order valence-corrected chi connectivity index (χ0v) is 25.1. The Morgan fingerprint density at radius 3 is 1.98 bits per heavy atom. The van der Waals surface area contributed by atoms with E-state index in [0.717, 1.165) is 11.6 Å². The molecule has 0 saturated carbocycles. The van der Waals surface area contributed by atoms with E-state index in [-0.39, 0.29) is 39.2 Å². The van der Waals surface area contributed by atoms with Gasteiger partial charge < -0.3 is 9.05 Å². The zero-order chi connectivity index (χ0) is 29.3. The number of sulfonamides is 1. The predicted molar refractivity (Wildman–Crippen MR) is 152 cm³/mol. The number of hydrogen-bond donors (Lipinski definition) is 1. The van der Waals surface area contributed by atoms with Gasteiger partial charge in [0.05, 0.1) is 23.0 Å². The quantitative estimate of drug-likeness (QED) is 0.289. The summed E-state index contributed by atoms with van der Waals surface area (Å²) in [6.07, 6.45) is 0.847. The van der Waals surface area contributed by atoms with E-state index in [1.807, 2.05) is 0 Å². The summed E-state index contributed by atoms with van der Waals surface area (Å²) in [7, 11) is -13.7. The smallest absolute Gasteiger partial charge is 0.307 e. The largest absolute Gasteiger partial charge is 0.360 e. The highest BCUT2D eigenvalue weighted by molar-refractivity contribution is 7.96. The number of Topliss-reactive ketones (excluding diaryl/α,β-unsaturated/α-hetero) is 1. The molecule has 1 unspecified atom stereocenters. The molecular formula is C27H27ClNO8PS2. The van der Waals surface area contributed by atoms with Gasteiger partial charge in [-0.2, -0.15) is 4.72 Å². The number of carbonyl (C=O) groups excluding carboxylic acids is 1. The van der Waals surface area contributed by atoms with Gasteiger partial charge in [0.25, 0.3) is 0 Å². The van der Waals surface area contributed by atoms with E-state index in [1.54, 1.807) is 19.1 Å². The fraction of sp³-hybridized carbons (Fsp3) is 0.222. The fourth-order valence-corrected chi connectivity index (χ4v) is 9.93. The van der Waals surface area contributed by atoms with Crippen molar-refractivity contribution >= 4 is 44.8 Å². The molecule has 1 aliphatic carbocycles. The van der Waals surface area contributed by atoms with Gasteiger partial charge in [-0.1, -0.05) is 53.6 Å². The van der Waals surface area contributed by atoms with Crippen molar-refractivity contribution < 1.29 is 35.2 Å². The number of fused-ring (bicyclic) bond motifs is 1. The van der Waals surface area contributed by atoms with Crippen LogP contribution >= 0.6 is 19.2 Å². The summed E-state index contributed by atoms with van der Waals surface area (Å²) in [6, 6.07) is 16.7. The van der Waals surface area contributed by atoms with Gasteiger partial charge in [0, 0.05) is 16.1 Å². The van der Waals surface area contributed by atoms with Crippen molar-refractivity contribution in [3.8, 4) is 0 Å². The van der Waals surface area contributed by atoms with Crippen LogP contribution in [0.3, 0.4) is 0 Å². The third-order valence-electron chi connectivity index (χ3n) is 6.21. The van der Waals surface area contributed by atoms with E-state index in [4.69, 9.17) is 20.6 Å². The Kier molecular flexibility index (Phi) is 8.59. The summed E-state index contributed by atoms with van der Waals surface area (Å²) < 4.78 is 83.6. The lowest BCUT2D eigenvalue weighted by Crippen LogP contribution is -2.48. The summed E-state index contributed by atoms with van der Waals surface area (Å²) in [4.78, 5) is 12.4. The summed E-state index contributed by atoms with van der Waals surface area (Å²) in [5.74, 6) is -0.907. The number of halogens is 1. The van der Waals surface area contributed by atoms with Crippen molar-refractivity contribution in [3.05, 3.63) is 105 Å². The highest BCUT2D eigenvalue weighted by Crippen LogP contribution is 2.66. The van der Waals surface area contributed by atoms with Gasteiger partial charge in [-0.25, -0.2) is 16.8 Å². The van der Waals surface area contributed by atoms with Crippen molar-refractivity contribution in [1.82, 2.24) is 4.72 Å². The topological polar surface area (TPSA) is 133 Å². The SMILES string of the molecule is CCOP(=O)(OCC)C1(NS(=O)(=O)c2ccc(C)cc2)C=C(S(=O)(=O)c2ccc(Cl)cc2)C(=O)c2ccccc21. The molecule has 4 rings (SSSR count). The van der Waals surface area contributed by atoms with Crippen LogP contribution in [0.5, 0.6) is 0 Å². The number of ketones is 1. The van der Waals surface area contributed by atoms with Crippen molar-refractivity contribution in [2.45, 2.75) is 35.8 Å². The van der Waals surface area contributed by atoms with E-state index in [9.17, 15) is 26.2 Å². The van der Waals surface area contributed by atoms with Crippen LogP contribution in [0.25, 0.3) is 0 Å². The number of allylic oxidation sites excluding steroid dienone is 1. The van der Waals surface area contributed by atoms with Gasteiger partial charge in [0.2, 0.25) is 25.6 Å². The van der Waals surface area contributed by atoms with Crippen molar-refractivity contribution in [2.75, 3.05) is 13.2 Å². The second-order valence-corrected chi connectivity index (χ2v) is 15.1. The molecular weight excluding hydrogens is 597 g/mol. The summed E-state index contributed by atoms with van der Waals surface area (Å²) in [5, 5.41) is -2.16. The highest BCUT2D eigenvalue weighted by Gasteiger charge is 2.58. The van der Waals surface area contributed by atoms with E-state index >= 15 is 0 Å². The molecule has 0 radical (unpaired) electrons. The van der Waals surface area contributed by atoms with Crippen molar-refractivity contribution in [1.29, 1.82) is 0 Å². The highest BCUT2D eigenvalue weighted by atomic mass is 35.5. The molecule has 0 heterocycles. The molecule has 0 fully saturated rings. The van der Waals surface area contributed by atoms with Crippen LogP contribution in [0.1, 0.15) is 35.3 Å². The lowest BCUT2D eigenvalue weighted by Gasteiger charge is -2.40. The van der Waals surface area contributed by atoms with Gasteiger partial charge in [0.15, 0.2) is 5.28 Å². The number of hydrogen-bond acceptors (Lipinski definition) is 8. The number of benzene rings is 3. The lowest BCUT2D eigenvalue weighted by atomic mass is 9.92. The molecule has 0 saturated heterocycles. The first-order valence-corrected chi connectivity index (χ1v) is 17.1. The maximum Gasteiger partial charge on any atom is 0.360 e. The Bertz CT molecular complexity index is 1730. The number of nitrogens with one attached hydrogen (secondary N) is 1. The first kappa shape index (κ1) is 30.3. The predicted octanol–water partition coefficient (Wildman–Crippen LogP) is 5.60. The summed E-state index contributed by atoms with van der Waals surface area (Å²) in [5.41, 5.74) is 0.549. The first-order valence-electron chi connectivity index (χ1n) is 12.2. The van der Waals surface area contributed by atoms with Crippen LogP contribution in [0.2, 0.25) is 5.02 Å². The van der Waals surface area contributed by atoms with E-state index in [2.05, 4.69) is 4.72 Å². The second kappa shape index (κ2) is 11.3. The molecule has 212 valence electrons. The normalized spacial score (nSPS) is 17.8. The van der Waals surface area contributed by atoms with Crippen LogP contribution in [-0.2, 0) is 38.8 Å². The maximum atomic E-state index is 14.6. The van der Waals surface area contributed by atoms with Gasteiger partial charge in [-0.3, -0.25) is 9.36 Å². The molecule has 0 spiro atoms. The van der Waals surface area contributed by atoms with Crippen LogP contribution < -0.4 is 4.72 Å². The van der Waals surface area contributed by atoms with E-state index < -0.39 is 43.4 Å². The Labute approximate surface area is 238 Å². The molecule has 3 aromatic carbocycles. The standard InChI is InChI=1S/C27H27ClNO8PS2/c1-4-36-38(31,37-5-2)27(29-40(34,35)22-14-10-19(3)11-15-22)18-25(26(30)23-8-6-7-9-24(23)27)39(32,33)21-16-12-20(28)13-17-21/h6-18,29H,4-5H2,1-3H3. The van der Waals surface area contributed by atoms with Gasteiger partial charge in [-0.05, 0) is 63.2 Å². The molecule has 0 aliphatic heterocycles. The molecule has 13 heteroatoms. The molecule has 40 heavy (non-hydrogen) atoms. The van der Waals surface area contributed by atoms with E-state index in [0.29, 0.717) is 0 Å². The third kappa shape index (κ3) is 5.35. The number of sulfone groups is 1. The van der Waals surface area contributed by atoms with Crippen molar-refractivity contribution in [3.63, 3.8) is 0 Å².